The predicted octanol–water partition coefficient (Wildman–Crippen LogP) is 2.00. The van der Waals surface area contributed by atoms with Crippen molar-refractivity contribution in [3.8, 4) is 17.2 Å². The number of benzene rings is 2. The highest BCUT2D eigenvalue weighted by Crippen LogP contribution is 2.43. The first-order valence-electron chi connectivity index (χ1n) is 7.00. The van der Waals surface area contributed by atoms with Crippen molar-refractivity contribution < 1.29 is 25.2 Å². The number of phenols is 3. The number of ketones is 1. The summed E-state index contributed by atoms with van der Waals surface area (Å²) in [4.78, 5) is 12.3. The Kier molecular flexibility index (Phi) is 3.50. The Morgan fingerprint density at radius 2 is 1.50 bits per heavy atom. The third-order valence-corrected chi connectivity index (χ3v) is 4.23. The van der Waals surface area contributed by atoms with Gasteiger partial charge in [-0.3, -0.25) is 4.79 Å². The van der Waals surface area contributed by atoms with Crippen molar-refractivity contribution in [3.63, 3.8) is 0 Å². The van der Waals surface area contributed by atoms with Gasteiger partial charge in [0.1, 0.15) is 11.9 Å². The first-order valence-corrected chi connectivity index (χ1v) is 7.00. The van der Waals surface area contributed by atoms with Crippen LogP contribution >= 0.6 is 0 Å². The van der Waals surface area contributed by atoms with Crippen LogP contribution in [0.3, 0.4) is 0 Å². The Hall–Kier alpha value is -2.53. The first kappa shape index (κ1) is 14.4. The zero-order valence-electron chi connectivity index (χ0n) is 11.7. The van der Waals surface area contributed by atoms with Crippen molar-refractivity contribution in [1.82, 2.24) is 0 Å². The van der Waals surface area contributed by atoms with Crippen molar-refractivity contribution in [2.24, 2.45) is 0 Å². The maximum Gasteiger partial charge on any atom is 0.169 e. The summed E-state index contributed by atoms with van der Waals surface area (Å²) in [5.41, 5.74) is 1.35. The van der Waals surface area contributed by atoms with Crippen LogP contribution in [0.25, 0.3) is 0 Å². The highest BCUT2D eigenvalue weighted by Gasteiger charge is 2.42. The molecule has 3 atom stereocenters. The van der Waals surface area contributed by atoms with E-state index in [9.17, 15) is 25.2 Å². The van der Waals surface area contributed by atoms with Crippen molar-refractivity contribution >= 4 is 5.78 Å². The second-order valence-corrected chi connectivity index (χ2v) is 5.58. The second-order valence-electron chi connectivity index (χ2n) is 5.58. The number of carbonyl (C=O) groups is 1. The van der Waals surface area contributed by atoms with E-state index in [0.717, 1.165) is 5.56 Å². The molecule has 2 unspecified atom stereocenters. The lowest BCUT2D eigenvalue weighted by Crippen LogP contribution is -2.21. The summed E-state index contributed by atoms with van der Waals surface area (Å²) in [7, 11) is 0. The minimum Gasteiger partial charge on any atom is -0.508 e. The Morgan fingerprint density at radius 3 is 2.14 bits per heavy atom. The zero-order valence-corrected chi connectivity index (χ0v) is 11.7. The Bertz CT molecular complexity index is 707. The van der Waals surface area contributed by atoms with E-state index in [1.807, 2.05) is 0 Å². The number of aliphatic hydroxyl groups is 1. The zero-order chi connectivity index (χ0) is 15.9. The topological polar surface area (TPSA) is 98.0 Å². The summed E-state index contributed by atoms with van der Waals surface area (Å²) in [6.45, 7) is 0. The molecule has 1 aliphatic rings. The number of rotatable bonds is 2. The molecular weight excluding hydrogens is 284 g/mol. The lowest BCUT2D eigenvalue weighted by molar-refractivity contribution is -0.125. The summed E-state index contributed by atoms with van der Waals surface area (Å²) in [5, 5.41) is 38.5. The molecule has 22 heavy (non-hydrogen) atoms. The Morgan fingerprint density at radius 1 is 0.864 bits per heavy atom. The van der Waals surface area contributed by atoms with Crippen molar-refractivity contribution in [2.75, 3.05) is 0 Å². The molecule has 3 rings (SSSR count). The van der Waals surface area contributed by atoms with E-state index in [4.69, 9.17) is 0 Å². The molecule has 0 radical (unpaired) electrons. The normalized spacial score (nSPS) is 24.6. The van der Waals surface area contributed by atoms with E-state index in [0.29, 0.717) is 12.0 Å². The fourth-order valence-corrected chi connectivity index (χ4v) is 3.00. The van der Waals surface area contributed by atoms with Crippen LogP contribution < -0.4 is 0 Å². The standard InChI is InChI=1S/C17H16O5/c18-11-4-1-9(2-5-11)12-8-13(17(22)16(12)21)10-3-6-14(19)15(20)7-10/h1-7,12-13,16,18-21H,8H2/t12?,13-,16?/m0/s1. The molecule has 4 N–H and O–H groups in total. The van der Waals surface area contributed by atoms with Crippen LogP contribution in [0.1, 0.15) is 29.4 Å². The Balaban J connectivity index is 1.90. The molecule has 1 saturated carbocycles. The van der Waals surface area contributed by atoms with Gasteiger partial charge < -0.3 is 20.4 Å². The number of aromatic hydroxyl groups is 3. The molecule has 0 heterocycles. The number of phenolic OH excluding ortho intramolecular Hbond substituents is 3. The van der Waals surface area contributed by atoms with Crippen LogP contribution in [0.4, 0.5) is 0 Å². The van der Waals surface area contributed by atoms with E-state index in [2.05, 4.69) is 0 Å². The van der Waals surface area contributed by atoms with Gasteiger partial charge >= 0.3 is 0 Å². The van der Waals surface area contributed by atoms with E-state index in [1.165, 1.54) is 24.3 Å². The van der Waals surface area contributed by atoms with Crippen LogP contribution in [-0.4, -0.2) is 32.3 Å². The van der Waals surface area contributed by atoms with Crippen molar-refractivity contribution in [3.05, 3.63) is 53.6 Å². The molecule has 0 bridgehead atoms. The third-order valence-electron chi connectivity index (χ3n) is 4.23. The Labute approximate surface area is 127 Å². The molecule has 0 spiro atoms. The maximum atomic E-state index is 12.3. The average Bonchev–Trinajstić information content (AvgIpc) is 2.79. The summed E-state index contributed by atoms with van der Waals surface area (Å²) >= 11 is 0. The van der Waals surface area contributed by atoms with Crippen LogP contribution in [0, 0.1) is 0 Å². The van der Waals surface area contributed by atoms with Crippen molar-refractivity contribution in [2.45, 2.75) is 24.4 Å². The van der Waals surface area contributed by atoms with Crippen LogP contribution in [0.15, 0.2) is 42.5 Å². The van der Waals surface area contributed by atoms with Crippen molar-refractivity contribution in [1.29, 1.82) is 0 Å². The average molecular weight is 300 g/mol. The molecule has 5 nitrogen and oxygen atoms in total. The number of Topliss-reactive ketones (excluding diaryl/α,β-unsaturated/α-hetero) is 1. The molecule has 114 valence electrons. The predicted molar refractivity (Wildman–Crippen MR) is 79.0 cm³/mol. The van der Waals surface area contributed by atoms with Gasteiger partial charge in [0.2, 0.25) is 0 Å². The van der Waals surface area contributed by atoms with E-state index >= 15 is 0 Å². The summed E-state index contributed by atoms with van der Waals surface area (Å²) in [5.74, 6) is -1.59. The monoisotopic (exact) mass is 300 g/mol. The second kappa shape index (κ2) is 5.35. The van der Waals surface area contributed by atoms with Gasteiger partial charge in [-0.25, -0.2) is 0 Å². The van der Waals surface area contributed by atoms with Gasteiger partial charge in [0.25, 0.3) is 0 Å². The number of aliphatic hydroxyl groups excluding tert-OH is 1. The molecular formula is C17H16O5. The molecule has 1 fully saturated rings. The number of hydrogen-bond acceptors (Lipinski definition) is 5. The largest absolute Gasteiger partial charge is 0.508 e. The van der Waals surface area contributed by atoms with Crippen LogP contribution in [0.5, 0.6) is 17.2 Å². The molecule has 0 aliphatic heterocycles. The van der Waals surface area contributed by atoms with Gasteiger partial charge in [-0.2, -0.15) is 0 Å². The maximum absolute atomic E-state index is 12.3. The van der Waals surface area contributed by atoms with Gasteiger partial charge in [-0.1, -0.05) is 18.2 Å². The molecule has 2 aromatic carbocycles. The van der Waals surface area contributed by atoms with E-state index in [-0.39, 0.29) is 28.9 Å². The summed E-state index contributed by atoms with van der Waals surface area (Å²) in [6.07, 6.45) is -0.708. The third kappa shape index (κ3) is 2.40. The van der Waals surface area contributed by atoms with Gasteiger partial charge in [0, 0.05) is 11.8 Å². The highest BCUT2D eigenvalue weighted by atomic mass is 16.3. The van der Waals surface area contributed by atoms with Crippen LogP contribution in [0.2, 0.25) is 0 Å². The van der Waals surface area contributed by atoms with Gasteiger partial charge in [0.15, 0.2) is 17.3 Å². The highest BCUT2D eigenvalue weighted by molar-refractivity contribution is 5.93. The van der Waals surface area contributed by atoms with Gasteiger partial charge in [-0.05, 0) is 41.8 Å². The number of carbonyl (C=O) groups excluding carboxylic acids is 1. The molecule has 2 aromatic rings. The quantitative estimate of drug-likeness (QED) is 0.636. The molecule has 0 aromatic heterocycles. The fourth-order valence-electron chi connectivity index (χ4n) is 3.00. The SMILES string of the molecule is O=C1C(O)C(c2ccc(O)cc2)C[C@H]1c1ccc(O)c(O)c1. The number of hydrogen-bond donors (Lipinski definition) is 4. The molecule has 1 aliphatic carbocycles. The van der Waals surface area contributed by atoms with E-state index in [1.54, 1.807) is 18.2 Å². The lowest BCUT2D eigenvalue weighted by atomic mass is 9.92. The molecule has 5 heteroatoms. The smallest absolute Gasteiger partial charge is 0.169 e. The fraction of sp³-hybridized carbons (Fsp3) is 0.235. The van der Waals surface area contributed by atoms with Gasteiger partial charge in [-0.15, -0.1) is 0 Å². The van der Waals surface area contributed by atoms with E-state index < -0.39 is 12.0 Å². The summed E-state index contributed by atoms with van der Waals surface area (Å²) in [6, 6.07) is 10.7. The first-order chi connectivity index (χ1) is 10.5. The van der Waals surface area contributed by atoms with Crippen LogP contribution in [-0.2, 0) is 4.79 Å². The summed E-state index contributed by atoms with van der Waals surface area (Å²) < 4.78 is 0. The molecule has 0 amide bonds. The lowest BCUT2D eigenvalue weighted by Gasteiger charge is -2.13. The minimum absolute atomic E-state index is 0.127. The minimum atomic E-state index is -1.12. The molecule has 0 saturated heterocycles. The van der Waals surface area contributed by atoms with Gasteiger partial charge in [0.05, 0.1) is 0 Å².